The van der Waals surface area contributed by atoms with Gasteiger partial charge < -0.3 is 0 Å². The van der Waals surface area contributed by atoms with Gasteiger partial charge in [-0.15, -0.1) is 16.8 Å². The maximum absolute atomic E-state index is 13.0. The molecule has 0 atom stereocenters. The van der Waals surface area contributed by atoms with Crippen molar-refractivity contribution in [2.45, 2.75) is 13.1 Å². The highest BCUT2D eigenvalue weighted by atomic mass is 19.1. The Bertz CT molecular complexity index is 766. The molecule has 3 aromatic rings. The molecule has 0 amide bonds. The van der Waals surface area contributed by atoms with Crippen molar-refractivity contribution in [1.82, 2.24) is 25.5 Å². The van der Waals surface area contributed by atoms with Gasteiger partial charge in [-0.05, 0) is 28.5 Å². The quantitative estimate of drug-likeness (QED) is 0.678. The average Bonchev–Trinajstić information content (AvgIpc) is 3.12. The van der Waals surface area contributed by atoms with E-state index in [0.29, 0.717) is 5.82 Å². The normalized spacial score (nSPS) is 10.9. The van der Waals surface area contributed by atoms with E-state index in [0.717, 1.165) is 30.8 Å². The third kappa shape index (κ3) is 4.11. The van der Waals surface area contributed by atoms with E-state index < -0.39 is 0 Å². The number of hydrogen-bond donors (Lipinski definition) is 1. The smallest absolute Gasteiger partial charge is 0.204 e. The standard InChI is InChI=1S/C18H18FN5/c1-2-11-24(13-15-5-9-17(19)10-6-15)12-14-3-7-16(8-4-14)18-20-22-23-21-18/h2-10H,1,11-13H2,(H,20,21,22,23). The van der Waals surface area contributed by atoms with Crippen LogP contribution in [0, 0.1) is 5.82 Å². The van der Waals surface area contributed by atoms with Crippen LogP contribution < -0.4 is 0 Å². The van der Waals surface area contributed by atoms with Gasteiger partial charge in [-0.3, -0.25) is 4.90 Å². The Labute approximate surface area is 139 Å². The van der Waals surface area contributed by atoms with Crippen LogP contribution in [-0.2, 0) is 13.1 Å². The molecule has 2 aromatic carbocycles. The second-order valence-electron chi connectivity index (χ2n) is 5.52. The largest absolute Gasteiger partial charge is 0.291 e. The van der Waals surface area contributed by atoms with Crippen LogP contribution in [0.3, 0.4) is 0 Å². The van der Waals surface area contributed by atoms with E-state index in [2.05, 4.69) is 32.1 Å². The summed E-state index contributed by atoms with van der Waals surface area (Å²) in [4.78, 5) is 2.24. The molecular formula is C18H18FN5. The van der Waals surface area contributed by atoms with E-state index >= 15 is 0 Å². The third-order valence-corrected chi connectivity index (χ3v) is 3.67. The Kier molecular flexibility index (Phi) is 5.08. The molecule has 3 rings (SSSR count). The Morgan fingerprint density at radius 1 is 1.00 bits per heavy atom. The van der Waals surface area contributed by atoms with Crippen LogP contribution in [0.15, 0.2) is 61.2 Å². The summed E-state index contributed by atoms with van der Waals surface area (Å²) in [6, 6.07) is 14.6. The topological polar surface area (TPSA) is 57.7 Å². The molecule has 1 aromatic heterocycles. The maximum atomic E-state index is 13.0. The number of H-pyrrole nitrogens is 1. The monoisotopic (exact) mass is 323 g/mol. The number of nitrogens with one attached hydrogen (secondary N) is 1. The first-order valence-electron chi connectivity index (χ1n) is 7.65. The SMILES string of the molecule is C=CCN(Cc1ccc(F)cc1)Cc1ccc(-c2nn[nH]n2)cc1. The van der Waals surface area contributed by atoms with Crippen LogP contribution in [0.2, 0.25) is 0 Å². The summed E-state index contributed by atoms with van der Waals surface area (Å²) in [6.45, 7) is 6.08. The fourth-order valence-electron chi connectivity index (χ4n) is 2.52. The molecule has 5 nitrogen and oxygen atoms in total. The molecule has 0 bridgehead atoms. The van der Waals surface area contributed by atoms with Gasteiger partial charge >= 0.3 is 0 Å². The van der Waals surface area contributed by atoms with Crippen molar-refractivity contribution in [3.05, 3.63) is 78.1 Å². The molecule has 6 heteroatoms. The van der Waals surface area contributed by atoms with Gasteiger partial charge in [0.25, 0.3) is 0 Å². The number of tetrazole rings is 1. The first-order valence-corrected chi connectivity index (χ1v) is 7.65. The number of hydrogen-bond acceptors (Lipinski definition) is 4. The number of nitrogens with zero attached hydrogens (tertiary/aromatic N) is 4. The van der Waals surface area contributed by atoms with Crippen LogP contribution in [0.4, 0.5) is 4.39 Å². The molecule has 1 heterocycles. The van der Waals surface area contributed by atoms with Crippen LogP contribution in [-0.4, -0.2) is 32.1 Å². The summed E-state index contributed by atoms with van der Waals surface area (Å²) in [5, 5.41) is 13.9. The number of aromatic nitrogens is 4. The number of benzene rings is 2. The third-order valence-electron chi connectivity index (χ3n) is 3.67. The highest BCUT2D eigenvalue weighted by molar-refractivity contribution is 5.54. The molecular weight excluding hydrogens is 305 g/mol. The van der Waals surface area contributed by atoms with E-state index in [9.17, 15) is 4.39 Å². The number of aromatic amines is 1. The highest BCUT2D eigenvalue weighted by Gasteiger charge is 2.07. The molecule has 0 aliphatic carbocycles. The summed E-state index contributed by atoms with van der Waals surface area (Å²) in [7, 11) is 0. The molecule has 0 aliphatic rings. The van der Waals surface area contributed by atoms with E-state index in [1.807, 2.05) is 42.5 Å². The van der Waals surface area contributed by atoms with Gasteiger partial charge in [0.2, 0.25) is 5.82 Å². The molecule has 0 saturated carbocycles. The zero-order valence-corrected chi connectivity index (χ0v) is 13.2. The predicted octanol–water partition coefficient (Wildman–Crippen LogP) is 3.19. The van der Waals surface area contributed by atoms with Crippen molar-refractivity contribution in [1.29, 1.82) is 0 Å². The van der Waals surface area contributed by atoms with E-state index in [-0.39, 0.29) is 5.82 Å². The van der Waals surface area contributed by atoms with Crippen molar-refractivity contribution in [2.75, 3.05) is 6.54 Å². The average molecular weight is 323 g/mol. The van der Waals surface area contributed by atoms with Crippen LogP contribution >= 0.6 is 0 Å². The van der Waals surface area contributed by atoms with Crippen LogP contribution in [0.5, 0.6) is 0 Å². The predicted molar refractivity (Wildman–Crippen MR) is 90.3 cm³/mol. The van der Waals surface area contributed by atoms with E-state index in [1.54, 1.807) is 0 Å². The van der Waals surface area contributed by atoms with E-state index in [4.69, 9.17) is 0 Å². The molecule has 0 spiro atoms. The minimum atomic E-state index is -0.217. The Hall–Kier alpha value is -2.86. The molecule has 0 radical (unpaired) electrons. The fourth-order valence-corrected chi connectivity index (χ4v) is 2.52. The minimum Gasteiger partial charge on any atom is -0.291 e. The van der Waals surface area contributed by atoms with Gasteiger partial charge in [0.15, 0.2) is 0 Å². The van der Waals surface area contributed by atoms with Crippen molar-refractivity contribution in [3.8, 4) is 11.4 Å². The second-order valence-corrected chi connectivity index (χ2v) is 5.52. The summed E-state index contributed by atoms with van der Waals surface area (Å²) < 4.78 is 13.0. The second kappa shape index (κ2) is 7.61. The number of rotatable bonds is 7. The fraction of sp³-hybridized carbons (Fsp3) is 0.167. The summed E-state index contributed by atoms with van der Waals surface area (Å²) in [5.74, 6) is 0.363. The molecule has 1 N–H and O–H groups in total. The summed E-state index contributed by atoms with van der Waals surface area (Å²) in [6.07, 6.45) is 1.87. The van der Waals surface area contributed by atoms with Gasteiger partial charge in [0.1, 0.15) is 5.82 Å². The zero-order valence-electron chi connectivity index (χ0n) is 13.2. The van der Waals surface area contributed by atoms with Crippen LogP contribution in [0.1, 0.15) is 11.1 Å². The first kappa shape index (κ1) is 16.0. The molecule has 0 fully saturated rings. The molecule has 0 aliphatic heterocycles. The number of halogens is 1. The van der Waals surface area contributed by atoms with Crippen molar-refractivity contribution >= 4 is 0 Å². The van der Waals surface area contributed by atoms with E-state index in [1.165, 1.54) is 17.7 Å². The van der Waals surface area contributed by atoms with Crippen molar-refractivity contribution < 1.29 is 4.39 Å². The van der Waals surface area contributed by atoms with Crippen molar-refractivity contribution in [2.24, 2.45) is 0 Å². The summed E-state index contributed by atoms with van der Waals surface area (Å²) >= 11 is 0. The lowest BCUT2D eigenvalue weighted by Gasteiger charge is -2.21. The molecule has 122 valence electrons. The maximum Gasteiger partial charge on any atom is 0.204 e. The van der Waals surface area contributed by atoms with Gasteiger partial charge in [-0.2, -0.15) is 5.21 Å². The Morgan fingerprint density at radius 3 is 2.17 bits per heavy atom. The van der Waals surface area contributed by atoms with Crippen molar-refractivity contribution in [3.63, 3.8) is 0 Å². The molecule has 24 heavy (non-hydrogen) atoms. The summed E-state index contributed by atoms with van der Waals surface area (Å²) in [5.41, 5.74) is 3.16. The lowest BCUT2D eigenvalue weighted by molar-refractivity contribution is 0.286. The van der Waals surface area contributed by atoms with Crippen LogP contribution in [0.25, 0.3) is 11.4 Å². The minimum absolute atomic E-state index is 0.217. The Morgan fingerprint density at radius 2 is 1.62 bits per heavy atom. The molecule has 0 saturated heterocycles. The van der Waals surface area contributed by atoms with Gasteiger partial charge in [0.05, 0.1) is 0 Å². The van der Waals surface area contributed by atoms with Gasteiger partial charge in [-0.1, -0.05) is 42.5 Å². The highest BCUT2D eigenvalue weighted by Crippen LogP contribution is 2.16. The first-order chi connectivity index (χ1) is 11.7. The zero-order chi connectivity index (χ0) is 16.8. The lowest BCUT2D eigenvalue weighted by atomic mass is 10.1. The Balaban J connectivity index is 1.68. The molecule has 0 unspecified atom stereocenters. The van der Waals surface area contributed by atoms with Gasteiger partial charge in [0, 0.05) is 25.2 Å². The van der Waals surface area contributed by atoms with Gasteiger partial charge in [-0.25, -0.2) is 4.39 Å². The lowest BCUT2D eigenvalue weighted by Crippen LogP contribution is -2.22.